The summed E-state index contributed by atoms with van der Waals surface area (Å²) in [6, 6.07) is 0. The molecule has 64 valence electrons. The highest BCUT2D eigenvalue weighted by molar-refractivity contribution is 7.86. The van der Waals surface area contributed by atoms with E-state index in [0.29, 0.717) is 12.8 Å². The monoisotopic (exact) mass is 176 g/mol. The first-order valence-electron chi connectivity index (χ1n) is 3.52. The zero-order valence-electron chi connectivity index (χ0n) is 7.12. The molecular weight excluding hydrogens is 163 g/mol. The average Bonchev–Trinajstić information content (AvgIpc) is 1.84. The van der Waals surface area contributed by atoms with Gasteiger partial charge in [0.15, 0.2) is 0 Å². The van der Waals surface area contributed by atoms with Crippen LogP contribution in [-0.2, 0) is 14.3 Å². The third-order valence-corrected chi connectivity index (χ3v) is 2.15. The predicted molar refractivity (Wildman–Crippen MR) is 45.0 cm³/mol. The summed E-state index contributed by atoms with van der Waals surface area (Å²) in [4.78, 5) is 0. The third-order valence-electron chi connectivity index (χ3n) is 1.51. The Bertz CT molecular complexity index is 206. The SMILES string of the molecule is [B]C(CC)(CC)OS(C)(=O)=O. The summed E-state index contributed by atoms with van der Waals surface area (Å²) in [7, 11) is 2.15. The molecule has 0 atom stereocenters. The molecule has 0 aromatic carbocycles. The molecule has 3 nitrogen and oxygen atoms in total. The highest BCUT2D eigenvalue weighted by Gasteiger charge is 2.24. The van der Waals surface area contributed by atoms with Gasteiger partial charge in [0.2, 0.25) is 0 Å². The van der Waals surface area contributed by atoms with Crippen molar-refractivity contribution in [1.29, 1.82) is 0 Å². The lowest BCUT2D eigenvalue weighted by atomic mass is 9.77. The van der Waals surface area contributed by atoms with E-state index in [2.05, 4.69) is 4.18 Å². The van der Waals surface area contributed by atoms with Gasteiger partial charge in [0, 0.05) is 5.50 Å². The quantitative estimate of drug-likeness (QED) is 0.466. The molecule has 0 amide bonds. The van der Waals surface area contributed by atoms with Crippen LogP contribution in [0, 0.1) is 0 Å². The number of hydrogen-bond donors (Lipinski definition) is 0. The molecule has 5 heteroatoms. The van der Waals surface area contributed by atoms with Crippen molar-refractivity contribution in [2.45, 2.75) is 32.2 Å². The molecule has 0 aliphatic heterocycles. The van der Waals surface area contributed by atoms with E-state index in [9.17, 15) is 8.42 Å². The van der Waals surface area contributed by atoms with Crippen LogP contribution in [0.25, 0.3) is 0 Å². The van der Waals surface area contributed by atoms with Crippen LogP contribution in [-0.4, -0.2) is 28.0 Å². The standard InChI is InChI=1S/C6H13BO3S/c1-4-6(7,5-2)10-11(3,8)9/h4-5H2,1-3H3. The zero-order valence-corrected chi connectivity index (χ0v) is 7.94. The van der Waals surface area contributed by atoms with Gasteiger partial charge in [0.05, 0.1) is 6.26 Å². The van der Waals surface area contributed by atoms with E-state index in [4.69, 9.17) is 7.85 Å². The summed E-state index contributed by atoms with van der Waals surface area (Å²) in [5.74, 6) is 0. The van der Waals surface area contributed by atoms with Crippen molar-refractivity contribution < 1.29 is 12.6 Å². The molecule has 2 radical (unpaired) electrons. The summed E-state index contributed by atoms with van der Waals surface area (Å²) in [6.07, 6.45) is 1.97. The van der Waals surface area contributed by atoms with Crippen LogP contribution < -0.4 is 0 Å². The second kappa shape index (κ2) is 3.58. The summed E-state index contributed by atoms with van der Waals surface area (Å²) in [5.41, 5.74) is -1.02. The van der Waals surface area contributed by atoms with Gasteiger partial charge in [-0.05, 0) is 12.8 Å². The van der Waals surface area contributed by atoms with Crippen molar-refractivity contribution in [1.82, 2.24) is 0 Å². The van der Waals surface area contributed by atoms with Gasteiger partial charge >= 0.3 is 0 Å². The fourth-order valence-corrected chi connectivity index (χ4v) is 1.51. The molecule has 0 N–H and O–H groups in total. The lowest BCUT2D eigenvalue weighted by Crippen LogP contribution is -2.33. The third kappa shape index (κ3) is 4.42. The number of hydrogen-bond acceptors (Lipinski definition) is 3. The molecule has 0 heterocycles. The number of rotatable bonds is 4. The first kappa shape index (κ1) is 11.0. The maximum absolute atomic E-state index is 10.7. The first-order chi connectivity index (χ1) is 4.83. The van der Waals surface area contributed by atoms with Crippen molar-refractivity contribution in [3.05, 3.63) is 0 Å². The molecule has 0 aromatic heterocycles. The Labute approximate surface area is 69.7 Å². The van der Waals surface area contributed by atoms with E-state index in [1.54, 1.807) is 13.8 Å². The van der Waals surface area contributed by atoms with E-state index < -0.39 is 15.6 Å². The Balaban J connectivity index is 4.32. The molecule has 0 fully saturated rings. The molecule has 0 aliphatic carbocycles. The maximum Gasteiger partial charge on any atom is 0.264 e. The summed E-state index contributed by atoms with van der Waals surface area (Å²) in [6.45, 7) is 3.57. The highest BCUT2D eigenvalue weighted by Crippen LogP contribution is 2.17. The van der Waals surface area contributed by atoms with Gasteiger partial charge in [0.1, 0.15) is 7.85 Å². The summed E-state index contributed by atoms with van der Waals surface area (Å²) in [5, 5.41) is 0. The van der Waals surface area contributed by atoms with E-state index in [0.717, 1.165) is 6.26 Å². The van der Waals surface area contributed by atoms with E-state index in [-0.39, 0.29) is 0 Å². The Morgan fingerprint density at radius 2 is 1.73 bits per heavy atom. The van der Waals surface area contributed by atoms with Gasteiger partial charge in [-0.15, -0.1) is 0 Å². The van der Waals surface area contributed by atoms with Crippen LogP contribution in [0.2, 0.25) is 0 Å². The largest absolute Gasteiger partial charge is 0.274 e. The van der Waals surface area contributed by atoms with Gasteiger partial charge in [-0.3, -0.25) is 4.18 Å². The van der Waals surface area contributed by atoms with E-state index in [1.807, 2.05) is 0 Å². The van der Waals surface area contributed by atoms with Crippen molar-refractivity contribution in [2.24, 2.45) is 0 Å². The van der Waals surface area contributed by atoms with Crippen LogP contribution in [0.3, 0.4) is 0 Å². The van der Waals surface area contributed by atoms with E-state index in [1.165, 1.54) is 0 Å². The Kier molecular flexibility index (Phi) is 3.57. The molecule has 0 unspecified atom stereocenters. The normalized spacial score (nSPS) is 13.4. The molecule has 0 saturated carbocycles. The second-order valence-electron chi connectivity index (χ2n) is 2.56. The average molecular weight is 176 g/mol. The maximum atomic E-state index is 10.7. The lowest BCUT2D eigenvalue weighted by molar-refractivity contribution is 0.157. The Morgan fingerprint density at radius 1 is 1.36 bits per heavy atom. The first-order valence-corrected chi connectivity index (χ1v) is 5.34. The highest BCUT2D eigenvalue weighted by atomic mass is 32.2. The van der Waals surface area contributed by atoms with Crippen LogP contribution in [0.1, 0.15) is 26.7 Å². The molecule has 0 rings (SSSR count). The molecule has 0 saturated heterocycles. The van der Waals surface area contributed by atoms with Gasteiger partial charge in [0.25, 0.3) is 10.1 Å². The molecule has 0 spiro atoms. The Hall–Kier alpha value is -0.0251. The van der Waals surface area contributed by atoms with Gasteiger partial charge in [-0.1, -0.05) is 13.8 Å². The van der Waals surface area contributed by atoms with Crippen molar-refractivity contribution in [3.63, 3.8) is 0 Å². The topological polar surface area (TPSA) is 43.4 Å². The minimum Gasteiger partial charge on any atom is -0.274 e. The fourth-order valence-electron chi connectivity index (χ4n) is 0.669. The predicted octanol–water partition coefficient (Wildman–Crippen LogP) is 0.647. The molecular formula is C6H13BO3S. The van der Waals surface area contributed by atoms with Gasteiger partial charge < -0.3 is 0 Å². The van der Waals surface area contributed by atoms with Gasteiger partial charge in [-0.2, -0.15) is 8.42 Å². The van der Waals surface area contributed by atoms with Crippen molar-refractivity contribution in [2.75, 3.05) is 6.26 Å². The minimum atomic E-state index is -3.43. The van der Waals surface area contributed by atoms with Gasteiger partial charge in [-0.25, -0.2) is 0 Å². The van der Waals surface area contributed by atoms with Crippen LogP contribution in [0.5, 0.6) is 0 Å². The Morgan fingerprint density at radius 3 is 1.82 bits per heavy atom. The van der Waals surface area contributed by atoms with Crippen molar-refractivity contribution >= 4 is 18.0 Å². The lowest BCUT2D eigenvalue weighted by Gasteiger charge is -2.25. The molecule has 0 bridgehead atoms. The second-order valence-corrected chi connectivity index (χ2v) is 4.13. The van der Waals surface area contributed by atoms with Crippen LogP contribution >= 0.6 is 0 Å². The minimum absolute atomic E-state index is 0.483. The molecule has 0 aliphatic rings. The van der Waals surface area contributed by atoms with Crippen molar-refractivity contribution in [3.8, 4) is 0 Å². The van der Waals surface area contributed by atoms with E-state index >= 15 is 0 Å². The van der Waals surface area contributed by atoms with Crippen LogP contribution in [0.4, 0.5) is 0 Å². The fraction of sp³-hybridized carbons (Fsp3) is 1.00. The summed E-state index contributed by atoms with van der Waals surface area (Å²) < 4.78 is 26.0. The smallest absolute Gasteiger partial charge is 0.264 e. The summed E-state index contributed by atoms with van der Waals surface area (Å²) >= 11 is 0. The zero-order chi connectivity index (χ0) is 9.12. The molecule has 0 aromatic rings. The molecule has 11 heavy (non-hydrogen) atoms. The van der Waals surface area contributed by atoms with Crippen LogP contribution in [0.15, 0.2) is 0 Å².